The minimum absolute atomic E-state index is 0.401. The largest absolute Gasteiger partial charge is 0.383 e. The topological polar surface area (TPSA) is 59.1 Å². The van der Waals surface area contributed by atoms with E-state index in [-0.39, 0.29) is 0 Å². The number of aliphatic hydroxyl groups is 1. The zero-order chi connectivity index (χ0) is 11.7. The van der Waals surface area contributed by atoms with Crippen LogP contribution in [0.5, 0.6) is 0 Å². The molecule has 1 atom stereocenters. The van der Waals surface area contributed by atoms with Crippen LogP contribution in [-0.4, -0.2) is 10.1 Å². The Labute approximate surface area is 98.6 Å². The van der Waals surface area contributed by atoms with Crippen LogP contribution < -0.4 is 5.73 Å². The van der Waals surface area contributed by atoms with Gasteiger partial charge in [-0.3, -0.25) is 0 Å². The zero-order valence-corrected chi connectivity index (χ0v) is 10.1. The summed E-state index contributed by atoms with van der Waals surface area (Å²) in [6.45, 7) is 3.91. The molecule has 1 unspecified atom stereocenters. The Balaban J connectivity index is 2.49. The molecule has 2 aromatic rings. The van der Waals surface area contributed by atoms with Gasteiger partial charge in [-0.05, 0) is 47.4 Å². The highest BCUT2D eigenvalue weighted by Gasteiger charge is 2.18. The van der Waals surface area contributed by atoms with E-state index in [1.165, 1.54) is 0 Å². The van der Waals surface area contributed by atoms with Crippen LogP contribution in [0.4, 0.5) is 5.82 Å². The van der Waals surface area contributed by atoms with Crippen molar-refractivity contribution < 1.29 is 5.11 Å². The SMILES string of the molecule is Cc1cscc1C(O)c1c(C)ccnc1N. The lowest BCUT2D eigenvalue weighted by Gasteiger charge is -2.15. The number of aliphatic hydroxyl groups excluding tert-OH is 1. The van der Waals surface area contributed by atoms with Gasteiger partial charge in [0.15, 0.2) is 0 Å². The maximum absolute atomic E-state index is 10.3. The monoisotopic (exact) mass is 234 g/mol. The van der Waals surface area contributed by atoms with Crippen LogP contribution in [0.3, 0.4) is 0 Å². The van der Waals surface area contributed by atoms with Crippen molar-refractivity contribution in [1.82, 2.24) is 4.98 Å². The predicted molar refractivity (Wildman–Crippen MR) is 66.5 cm³/mol. The van der Waals surface area contributed by atoms with Gasteiger partial charge in [0.25, 0.3) is 0 Å². The first-order valence-corrected chi connectivity index (χ1v) is 5.97. The summed E-state index contributed by atoms with van der Waals surface area (Å²) in [6.07, 6.45) is 0.974. The van der Waals surface area contributed by atoms with Crippen molar-refractivity contribution in [3.05, 3.63) is 45.3 Å². The van der Waals surface area contributed by atoms with E-state index in [0.29, 0.717) is 11.4 Å². The van der Waals surface area contributed by atoms with E-state index in [4.69, 9.17) is 5.73 Å². The maximum Gasteiger partial charge on any atom is 0.129 e. The van der Waals surface area contributed by atoms with Crippen LogP contribution in [-0.2, 0) is 0 Å². The molecule has 0 aromatic carbocycles. The molecule has 3 N–H and O–H groups in total. The van der Waals surface area contributed by atoms with Crippen molar-refractivity contribution in [3.63, 3.8) is 0 Å². The Morgan fingerprint density at radius 3 is 2.62 bits per heavy atom. The minimum Gasteiger partial charge on any atom is -0.383 e. The third-order valence-corrected chi connectivity index (χ3v) is 3.58. The fourth-order valence-corrected chi connectivity index (χ4v) is 2.62. The third kappa shape index (κ3) is 1.81. The highest BCUT2D eigenvalue weighted by molar-refractivity contribution is 7.08. The molecule has 0 bridgehead atoms. The summed E-state index contributed by atoms with van der Waals surface area (Å²) in [5.74, 6) is 0.401. The Bertz CT molecular complexity index is 487. The van der Waals surface area contributed by atoms with Crippen LogP contribution in [0.2, 0.25) is 0 Å². The molecule has 84 valence electrons. The van der Waals surface area contributed by atoms with Gasteiger partial charge in [-0.25, -0.2) is 4.98 Å². The molecule has 3 nitrogen and oxygen atoms in total. The molecule has 2 aromatic heterocycles. The molecule has 16 heavy (non-hydrogen) atoms. The molecule has 0 saturated heterocycles. The number of thiophene rings is 1. The van der Waals surface area contributed by atoms with E-state index < -0.39 is 6.10 Å². The number of hydrogen-bond donors (Lipinski definition) is 2. The second-order valence-electron chi connectivity index (χ2n) is 3.84. The predicted octanol–water partition coefficient (Wildman–Crippen LogP) is 2.42. The van der Waals surface area contributed by atoms with E-state index in [1.807, 2.05) is 30.7 Å². The molecule has 4 heteroatoms. The summed E-state index contributed by atoms with van der Waals surface area (Å²) < 4.78 is 0. The third-order valence-electron chi connectivity index (χ3n) is 2.70. The first-order chi connectivity index (χ1) is 7.61. The fraction of sp³-hybridized carbons (Fsp3) is 0.250. The molecule has 0 amide bonds. The van der Waals surface area contributed by atoms with Gasteiger partial charge in [-0.2, -0.15) is 11.3 Å². The summed E-state index contributed by atoms with van der Waals surface area (Å²) in [6, 6.07) is 1.86. The lowest BCUT2D eigenvalue weighted by atomic mass is 9.98. The molecular weight excluding hydrogens is 220 g/mol. The number of anilines is 1. The molecule has 2 heterocycles. The lowest BCUT2D eigenvalue weighted by molar-refractivity contribution is 0.220. The van der Waals surface area contributed by atoms with Crippen LogP contribution in [0.25, 0.3) is 0 Å². The first-order valence-electron chi connectivity index (χ1n) is 5.03. The van der Waals surface area contributed by atoms with Gasteiger partial charge in [0.2, 0.25) is 0 Å². The standard InChI is InChI=1S/C12H14N2OS/c1-7-3-4-14-12(13)10(7)11(15)9-6-16-5-8(9)2/h3-6,11,15H,1-2H3,(H2,13,14). The molecular formula is C12H14N2OS. The molecule has 0 radical (unpaired) electrons. The number of nitrogens with two attached hydrogens (primary N) is 1. The molecule has 0 aliphatic rings. The van der Waals surface area contributed by atoms with E-state index in [0.717, 1.165) is 16.7 Å². The number of nitrogen functional groups attached to an aromatic ring is 1. The molecule has 0 aliphatic heterocycles. The Kier molecular flexibility index (Phi) is 2.94. The number of nitrogens with zero attached hydrogens (tertiary/aromatic N) is 1. The van der Waals surface area contributed by atoms with E-state index in [2.05, 4.69) is 4.98 Å². The highest BCUT2D eigenvalue weighted by Crippen LogP contribution is 2.31. The lowest BCUT2D eigenvalue weighted by Crippen LogP contribution is -2.07. The fourth-order valence-electron chi connectivity index (χ4n) is 1.75. The Morgan fingerprint density at radius 2 is 2.06 bits per heavy atom. The minimum atomic E-state index is -0.681. The summed E-state index contributed by atoms with van der Waals surface area (Å²) in [7, 11) is 0. The molecule has 2 rings (SSSR count). The van der Waals surface area contributed by atoms with Gasteiger partial charge in [-0.15, -0.1) is 0 Å². The van der Waals surface area contributed by atoms with Crippen molar-refractivity contribution in [1.29, 1.82) is 0 Å². The normalized spacial score (nSPS) is 12.7. The van der Waals surface area contributed by atoms with Gasteiger partial charge in [-0.1, -0.05) is 0 Å². The first kappa shape index (κ1) is 11.1. The van der Waals surface area contributed by atoms with E-state index >= 15 is 0 Å². The highest BCUT2D eigenvalue weighted by atomic mass is 32.1. The van der Waals surface area contributed by atoms with Gasteiger partial charge < -0.3 is 10.8 Å². The van der Waals surface area contributed by atoms with Gasteiger partial charge >= 0.3 is 0 Å². The number of hydrogen-bond acceptors (Lipinski definition) is 4. The van der Waals surface area contributed by atoms with Gasteiger partial charge in [0.1, 0.15) is 11.9 Å². The second kappa shape index (κ2) is 4.23. The second-order valence-corrected chi connectivity index (χ2v) is 4.58. The van der Waals surface area contributed by atoms with Crippen molar-refractivity contribution in [2.75, 3.05) is 5.73 Å². The number of pyridine rings is 1. The van der Waals surface area contributed by atoms with Gasteiger partial charge in [0.05, 0.1) is 0 Å². The average Bonchev–Trinajstić information content (AvgIpc) is 2.64. The summed E-state index contributed by atoms with van der Waals surface area (Å²) >= 11 is 1.58. The maximum atomic E-state index is 10.3. The van der Waals surface area contributed by atoms with E-state index in [9.17, 15) is 5.11 Å². The van der Waals surface area contributed by atoms with Crippen molar-refractivity contribution in [2.45, 2.75) is 20.0 Å². The average molecular weight is 234 g/mol. The van der Waals surface area contributed by atoms with Crippen LogP contribution in [0.1, 0.15) is 28.4 Å². The van der Waals surface area contributed by atoms with Crippen LogP contribution >= 0.6 is 11.3 Å². The molecule has 0 aliphatic carbocycles. The number of aromatic nitrogens is 1. The Morgan fingerprint density at radius 1 is 1.31 bits per heavy atom. The molecule has 0 spiro atoms. The van der Waals surface area contributed by atoms with Gasteiger partial charge in [0, 0.05) is 11.8 Å². The number of rotatable bonds is 2. The van der Waals surface area contributed by atoms with Crippen molar-refractivity contribution >= 4 is 17.2 Å². The summed E-state index contributed by atoms with van der Waals surface area (Å²) in [5, 5.41) is 14.3. The molecule has 0 fully saturated rings. The van der Waals surface area contributed by atoms with E-state index in [1.54, 1.807) is 17.5 Å². The van der Waals surface area contributed by atoms with Crippen LogP contribution in [0.15, 0.2) is 23.0 Å². The van der Waals surface area contributed by atoms with Crippen molar-refractivity contribution in [3.8, 4) is 0 Å². The number of aryl methyl sites for hydroxylation is 2. The summed E-state index contributed by atoms with van der Waals surface area (Å²) in [4.78, 5) is 4.02. The van der Waals surface area contributed by atoms with Crippen LogP contribution in [0, 0.1) is 13.8 Å². The zero-order valence-electron chi connectivity index (χ0n) is 9.27. The smallest absolute Gasteiger partial charge is 0.129 e. The molecule has 0 saturated carbocycles. The summed E-state index contributed by atoms with van der Waals surface area (Å²) in [5.41, 5.74) is 9.48. The van der Waals surface area contributed by atoms with Crippen molar-refractivity contribution in [2.24, 2.45) is 0 Å². The Hall–Kier alpha value is -1.39. The quantitative estimate of drug-likeness (QED) is 0.839.